The number of hydrogen-bond acceptors (Lipinski definition) is 7. The second-order valence-electron chi connectivity index (χ2n) is 14.8. The number of ether oxygens (including phenoxy) is 3. The summed E-state index contributed by atoms with van der Waals surface area (Å²) in [7, 11) is 1.24. The van der Waals surface area contributed by atoms with Gasteiger partial charge >= 0.3 is 12.7 Å². The molecule has 3 aliphatic heterocycles. The first kappa shape index (κ1) is 34.3. The number of methoxy groups -OCH3 is 1. The molecule has 3 aromatic carbocycles. The van der Waals surface area contributed by atoms with Crippen molar-refractivity contribution in [3.05, 3.63) is 65.6 Å². The summed E-state index contributed by atoms with van der Waals surface area (Å²) in [5.74, 6) is 1.58. The van der Waals surface area contributed by atoms with Crippen LogP contribution in [0.5, 0.6) is 5.75 Å². The Kier molecular flexibility index (Phi) is 9.19. The molecule has 0 unspecified atom stereocenters. The second kappa shape index (κ2) is 13.9. The van der Waals surface area contributed by atoms with Gasteiger partial charge in [0, 0.05) is 41.6 Å². The average molecular weight is 712 g/mol. The molecule has 3 atom stereocenters. The molecule has 10 nitrogen and oxygen atoms in total. The molecule has 2 amide bonds. The van der Waals surface area contributed by atoms with Gasteiger partial charge in [-0.25, -0.2) is 9.78 Å². The third-order valence-electron chi connectivity index (χ3n) is 11.2. The lowest BCUT2D eigenvalue weighted by Crippen LogP contribution is -2.53. The summed E-state index contributed by atoms with van der Waals surface area (Å²) < 4.78 is 41.9. The molecule has 1 saturated carbocycles. The number of alkyl halides is 2. The quantitative estimate of drug-likeness (QED) is 0.182. The summed E-state index contributed by atoms with van der Waals surface area (Å²) in [5, 5.41) is 4.80. The normalized spacial score (nSPS) is 20.1. The van der Waals surface area contributed by atoms with Gasteiger partial charge in [-0.3, -0.25) is 9.79 Å². The van der Waals surface area contributed by atoms with Crippen molar-refractivity contribution in [3.63, 3.8) is 0 Å². The maximum Gasteiger partial charge on any atom is 0.407 e. The zero-order chi connectivity index (χ0) is 36.1. The molecule has 4 heterocycles. The van der Waals surface area contributed by atoms with Gasteiger partial charge in [-0.05, 0) is 83.0 Å². The Balaban J connectivity index is 1.06. The van der Waals surface area contributed by atoms with Crippen LogP contribution in [0.3, 0.4) is 0 Å². The minimum Gasteiger partial charge on any atom is -0.488 e. The number of halogens is 2. The molecule has 272 valence electrons. The zero-order valence-electron chi connectivity index (χ0n) is 29.6. The highest BCUT2D eigenvalue weighted by Crippen LogP contribution is 2.44. The Morgan fingerprint density at radius 1 is 1.10 bits per heavy atom. The van der Waals surface area contributed by atoms with Crippen LogP contribution < -0.4 is 10.1 Å². The predicted molar refractivity (Wildman–Crippen MR) is 193 cm³/mol. The van der Waals surface area contributed by atoms with Crippen LogP contribution in [0.15, 0.2) is 53.7 Å². The van der Waals surface area contributed by atoms with Crippen molar-refractivity contribution < 1.29 is 32.6 Å². The van der Waals surface area contributed by atoms with E-state index in [4.69, 9.17) is 19.5 Å². The van der Waals surface area contributed by atoms with Crippen LogP contribution in [0.2, 0.25) is 0 Å². The number of aliphatic imine (C=N–C) groups is 1. The fraction of sp³-hybridized carbons (Fsp3) is 0.450. The second-order valence-corrected chi connectivity index (χ2v) is 14.8. The molecular weight excluding hydrogens is 668 g/mol. The minimum absolute atomic E-state index is 0.184. The van der Waals surface area contributed by atoms with Crippen LogP contribution in [-0.4, -0.2) is 71.5 Å². The molecule has 2 N–H and O–H groups in total. The van der Waals surface area contributed by atoms with E-state index in [9.17, 15) is 18.4 Å². The predicted octanol–water partition coefficient (Wildman–Crippen LogP) is 7.91. The van der Waals surface area contributed by atoms with Crippen molar-refractivity contribution in [1.29, 1.82) is 0 Å². The summed E-state index contributed by atoms with van der Waals surface area (Å²) in [6.45, 7) is 1.23. The number of benzene rings is 3. The first-order valence-electron chi connectivity index (χ1n) is 18.2. The molecule has 1 aliphatic carbocycles. The van der Waals surface area contributed by atoms with Gasteiger partial charge in [-0.15, -0.1) is 0 Å². The molecule has 0 bridgehead atoms. The maximum absolute atomic E-state index is 14.0. The average Bonchev–Trinajstić information content (AvgIpc) is 3.97. The Bertz CT molecular complexity index is 2060. The molecule has 0 spiro atoms. The fourth-order valence-corrected chi connectivity index (χ4v) is 8.46. The molecule has 8 rings (SSSR count). The number of alkyl carbamates (subject to hydrolysis) is 1. The highest BCUT2D eigenvalue weighted by molar-refractivity contribution is 6.06. The highest BCUT2D eigenvalue weighted by Gasteiger charge is 2.43. The number of amides is 2. The molecule has 4 aromatic rings. The lowest BCUT2D eigenvalue weighted by Gasteiger charge is -2.31. The number of nitrogens with zero attached hydrogens (tertiary/aromatic N) is 3. The minimum atomic E-state index is -2.90. The van der Waals surface area contributed by atoms with E-state index >= 15 is 0 Å². The third-order valence-corrected chi connectivity index (χ3v) is 11.2. The van der Waals surface area contributed by atoms with Crippen molar-refractivity contribution in [1.82, 2.24) is 20.2 Å². The summed E-state index contributed by atoms with van der Waals surface area (Å²) in [4.78, 5) is 41.1. The van der Waals surface area contributed by atoms with Crippen LogP contribution in [0, 0.1) is 11.8 Å². The Hall–Kier alpha value is -4.84. The number of fused-ring (bicyclic) bond motifs is 6. The van der Waals surface area contributed by atoms with Crippen molar-refractivity contribution >= 4 is 34.2 Å². The van der Waals surface area contributed by atoms with Gasteiger partial charge in [0.15, 0.2) is 0 Å². The van der Waals surface area contributed by atoms with E-state index in [-0.39, 0.29) is 30.9 Å². The molecule has 2 fully saturated rings. The first-order chi connectivity index (χ1) is 25.2. The van der Waals surface area contributed by atoms with Gasteiger partial charge in [-0.1, -0.05) is 38.8 Å². The monoisotopic (exact) mass is 711 g/mol. The summed E-state index contributed by atoms with van der Waals surface area (Å²) in [5.41, 5.74) is 7.97. The van der Waals surface area contributed by atoms with Gasteiger partial charge in [0.25, 0.3) is 0 Å². The number of imidazole rings is 1. The van der Waals surface area contributed by atoms with E-state index in [0.717, 1.165) is 67.3 Å². The number of carbonyl (C=O) groups excluding carboxylic acids is 2. The van der Waals surface area contributed by atoms with Crippen LogP contribution in [0.1, 0.15) is 68.8 Å². The molecule has 12 heteroatoms. The first-order valence-corrected chi connectivity index (χ1v) is 18.2. The lowest BCUT2D eigenvalue weighted by atomic mass is 9.90. The molecule has 0 radical (unpaired) electrons. The number of nitrogens with one attached hydrogen (secondary N) is 2. The van der Waals surface area contributed by atoms with E-state index in [1.165, 1.54) is 32.8 Å². The number of likely N-dealkylation sites (tertiary alicyclic amines) is 1. The number of aromatic amines is 1. The fourth-order valence-electron chi connectivity index (χ4n) is 8.46. The van der Waals surface area contributed by atoms with E-state index in [0.29, 0.717) is 25.4 Å². The van der Waals surface area contributed by atoms with Crippen molar-refractivity contribution in [3.8, 4) is 28.1 Å². The van der Waals surface area contributed by atoms with Crippen LogP contribution in [0.25, 0.3) is 33.2 Å². The number of aromatic nitrogens is 2. The van der Waals surface area contributed by atoms with Gasteiger partial charge < -0.3 is 29.4 Å². The number of carbonyl (C=O) groups is 2. The van der Waals surface area contributed by atoms with Gasteiger partial charge in [-0.2, -0.15) is 8.78 Å². The van der Waals surface area contributed by atoms with E-state index in [1.54, 1.807) is 4.90 Å². The van der Waals surface area contributed by atoms with Crippen LogP contribution in [-0.2, 0) is 27.3 Å². The van der Waals surface area contributed by atoms with E-state index < -0.39 is 24.8 Å². The third kappa shape index (κ3) is 6.42. The van der Waals surface area contributed by atoms with Gasteiger partial charge in [0.2, 0.25) is 5.91 Å². The molecule has 1 saturated heterocycles. The van der Waals surface area contributed by atoms with Crippen LogP contribution >= 0.6 is 0 Å². The van der Waals surface area contributed by atoms with Crippen molar-refractivity contribution in [2.75, 3.05) is 20.3 Å². The van der Waals surface area contributed by atoms with Crippen molar-refractivity contribution in [2.45, 2.75) is 83.6 Å². The Labute approximate surface area is 300 Å². The Morgan fingerprint density at radius 3 is 2.69 bits per heavy atom. The molecule has 1 aromatic heterocycles. The maximum atomic E-state index is 14.0. The summed E-state index contributed by atoms with van der Waals surface area (Å²) in [6, 6.07) is 13.5. The molecule has 52 heavy (non-hydrogen) atoms. The number of rotatable bonds is 9. The lowest BCUT2D eigenvalue weighted by molar-refractivity contribution is -0.139. The van der Waals surface area contributed by atoms with Crippen molar-refractivity contribution in [2.24, 2.45) is 16.8 Å². The van der Waals surface area contributed by atoms with E-state index in [1.807, 2.05) is 26.1 Å². The van der Waals surface area contributed by atoms with Gasteiger partial charge in [0.05, 0.1) is 37.3 Å². The largest absolute Gasteiger partial charge is 0.488 e. The summed E-state index contributed by atoms with van der Waals surface area (Å²) >= 11 is 0. The zero-order valence-corrected chi connectivity index (χ0v) is 29.6. The van der Waals surface area contributed by atoms with E-state index in [2.05, 4.69) is 51.4 Å². The van der Waals surface area contributed by atoms with Crippen LogP contribution in [0.4, 0.5) is 19.3 Å². The molecule has 4 aliphatic rings. The summed E-state index contributed by atoms with van der Waals surface area (Å²) in [6.07, 6.45) is 7.05. The number of H-pyrrole nitrogens is 1. The standard InChI is InChI=1S/C40H43F2N5O5/c1-21(2)36(46-40(49)50-3)38(48)47-18-22(19-52-39(41)42)12-34(47)32-16-30-28-14-26-20-51-35-15-25(33-17-43-37(45-33)23-6-4-5-7-23)8-10-27(35)29(26)13-24(28)9-11-31(30)44-32/h8-11,13-15,17,21-23,34,36,39H,4-7,12,16,18-20H2,1-3H3,(H,43,45)(H,46,49)/t22-,34-,36-/m0/s1. The van der Waals surface area contributed by atoms with Gasteiger partial charge in [0.1, 0.15) is 24.2 Å². The Morgan fingerprint density at radius 2 is 1.92 bits per heavy atom. The SMILES string of the molecule is COC(=O)N[C@H](C(=O)N1C[C@@H](COC(F)F)C[C@H]1C1=Nc2ccc3cc4c(cc3c2C1)COc1cc(-c2cnc(C3CCCC3)[nH]2)ccc1-4)C(C)C. The molecular formula is C40H43F2N5O5. The highest BCUT2D eigenvalue weighted by atomic mass is 19.3. The number of hydrogen-bond donors (Lipinski definition) is 2. The topological polar surface area (TPSA) is 118 Å². The smallest absolute Gasteiger partial charge is 0.407 e.